The molecule has 32 heavy (non-hydrogen) atoms. The molecule has 3 aliphatic rings. The Labute approximate surface area is 182 Å². The van der Waals surface area contributed by atoms with Crippen LogP contribution in [0.2, 0.25) is 0 Å². The van der Waals surface area contributed by atoms with Crippen LogP contribution in [0.25, 0.3) is 0 Å². The number of anilines is 1. The number of benzene rings is 1. The summed E-state index contributed by atoms with van der Waals surface area (Å²) in [7, 11) is 1.56. The molecule has 1 aromatic carbocycles. The monoisotopic (exact) mass is 447 g/mol. The average molecular weight is 447 g/mol. The second-order valence-corrected chi connectivity index (χ2v) is 8.53. The average Bonchev–Trinajstić information content (AvgIpc) is 3.19. The van der Waals surface area contributed by atoms with E-state index in [0.29, 0.717) is 42.9 Å². The van der Waals surface area contributed by atoms with Gasteiger partial charge in [-0.05, 0) is 37.0 Å². The molecule has 0 atom stereocenters. The van der Waals surface area contributed by atoms with Crippen LogP contribution in [0.3, 0.4) is 0 Å². The van der Waals surface area contributed by atoms with Gasteiger partial charge in [0.1, 0.15) is 5.60 Å². The van der Waals surface area contributed by atoms with Gasteiger partial charge >= 0.3 is 6.18 Å². The van der Waals surface area contributed by atoms with Gasteiger partial charge in [0.15, 0.2) is 5.49 Å². The molecule has 7 nitrogen and oxygen atoms in total. The third-order valence-corrected chi connectivity index (χ3v) is 6.64. The topological polar surface area (TPSA) is 71.8 Å². The third kappa shape index (κ3) is 3.37. The van der Waals surface area contributed by atoms with Crippen LogP contribution in [0.1, 0.15) is 40.8 Å². The molecule has 2 aliphatic heterocycles. The first-order valence-electron chi connectivity index (χ1n) is 10.6. The van der Waals surface area contributed by atoms with Crippen molar-refractivity contribution in [1.82, 2.24) is 14.5 Å². The number of fused-ring (bicyclic) bond motifs is 3. The lowest BCUT2D eigenvalue weighted by molar-refractivity contribution is -0.145. The predicted molar refractivity (Wildman–Crippen MR) is 109 cm³/mol. The number of hydrogen-bond acceptors (Lipinski definition) is 5. The molecule has 170 valence electrons. The fourth-order valence-corrected chi connectivity index (χ4v) is 4.58. The second-order valence-electron chi connectivity index (χ2n) is 8.53. The van der Waals surface area contributed by atoms with Crippen molar-refractivity contribution in [2.45, 2.75) is 57.7 Å². The molecular weight excluding hydrogens is 423 g/mol. The van der Waals surface area contributed by atoms with Crippen molar-refractivity contribution < 1.29 is 22.7 Å². The first kappa shape index (κ1) is 21.0. The van der Waals surface area contributed by atoms with E-state index in [1.807, 2.05) is 0 Å². The zero-order chi connectivity index (χ0) is 22.7. The zero-order valence-corrected chi connectivity index (χ0v) is 17.9. The number of hydrogen-bond donors (Lipinski definition) is 1. The standard InChI is InChI=1S/C22H24F3N5O2/c1-13-14(4-3-5-16(13)22(23,24)25)10-27-18-15-11-29(19(31)21(32-2)6-7-21)12-17(15)30-9-8-26-20(30)28-18/h3-5H,6-12H2,1-2H3,(H,26,27,28). The van der Waals surface area contributed by atoms with E-state index in [1.54, 1.807) is 18.1 Å². The van der Waals surface area contributed by atoms with Crippen LogP contribution in [-0.2, 0) is 41.9 Å². The minimum Gasteiger partial charge on any atom is -0.368 e. The predicted octanol–water partition coefficient (Wildman–Crippen LogP) is 2.76. The van der Waals surface area contributed by atoms with E-state index < -0.39 is 17.3 Å². The van der Waals surface area contributed by atoms with Crippen LogP contribution in [0.5, 0.6) is 0 Å². The van der Waals surface area contributed by atoms with Crippen molar-refractivity contribution in [3.8, 4) is 0 Å². The number of carbonyl (C=O) groups is 1. The minimum absolute atomic E-state index is 0.0313. The van der Waals surface area contributed by atoms with Gasteiger partial charge in [-0.25, -0.2) is 0 Å². The Morgan fingerprint density at radius 3 is 2.78 bits per heavy atom. The van der Waals surface area contributed by atoms with Crippen molar-refractivity contribution in [3.05, 3.63) is 51.6 Å². The Hall–Kier alpha value is -2.88. The quantitative estimate of drug-likeness (QED) is 0.783. The van der Waals surface area contributed by atoms with Crippen molar-refractivity contribution in [1.29, 1.82) is 0 Å². The summed E-state index contributed by atoms with van der Waals surface area (Å²) in [5.74, 6) is 0.640. The van der Waals surface area contributed by atoms with Gasteiger partial charge < -0.3 is 19.5 Å². The maximum atomic E-state index is 13.3. The number of methoxy groups -OCH3 is 1. The first-order chi connectivity index (χ1) is 15.2. The highest BCUT2D eigenvalue weighted by Gasteiger charge is 2.53. The Bertz CT molecular complexity index is 1170. The van der Waals surface area contributed by atoms with Gasteiger partial charge in [-0.3, -0.25) is 9.79 Å². The molecule has 5 rings (SSSR count). The number of ether oxygens (including phenoxy) is 1. The van der Waals surface area contributed by atoms with Crippen molar-refractivity contribution >= 4 is 11.9 Å². The van der Waals surface area contributed by atoms with E-state index in [9.17, 15) is 18.0 Å². The second kappa shape index (κ2) is 7.33. The zero-order valence-electron chi connectivity index (χ0n) is 17.9. The summed E-state index contributed by atoms with van der Waals surface area (Å²) in [5.41, 5.74) is 1.59. The largest absolute Gasteiger partial charge is 0.416 e. The summed E-state index contributed by atoms with van der Waals surface area (Å²) in [6.07, 6.45) is -2.98. The van der Waals surface area contributed by atoms with Gasteiger partial charge in [-0.15, -0.1) is 0 Å². The highest BCUT2D eigenvalue weighted by molar-refractivity contribution is 5.88. The van der Waals surface area contributed by atoms with Crippen LogP contribution >= 0.6 is 0 Å². The normalized spacial score (nSPS) is 19.0. The lowest BCUT2D eigenvalue weighted by Gasteiger charge is -2.21. The smallest absolute Gasteiger partial charge is 0.368 e. The van der Waals surface area contributed by atoms with Crippen molar-refractivity contribution in [3.63, 3.8) is 0 Å². The molecular formula is C22H24F3N5O2. The number of nitrogens with one attached hydrogen (secondary N) is 1. The molecule has 0 saturated heterocycles. The van der Waals surface area contributed by atoms with Crippen molar-refractivity contribution in [2.24, 2.45) is 4.99 Å². The molecule has 1 aliphatic carbocycles. The summed E-state index contributed by atoms with van der Waals surface area (Å²) in [5, 5.41) is 3.22. The number of alkyl halides is 3. The fourth-order valence-electron chi connectivity index (χ4n) is 4.58. The molecule has 1 amide bonds. The number of halogens is 3. The summed E-state index contributed by atoms with van der Waals surface area (Å²) in [4.78, 5) is 24.0. The molecule has 0 radical (unpaired) electrons. The molecule has 2 aromatic rings. The highest BCUT2D eigenvalue weighted by atomic mass is 19.4. The van der Waals surface area contributed by atoms with Gasteiger partial charge in [0.25, 0.3) is 5.91 Å². The van der Waals surface area contributed by atoms with E-state index >= 15 is 0 Å². The highest BCUT2D eigenvalue weighted by Crippen LogP contribution is 2.42. The molecule has 1 N–H and O–H groups in total. The number of amides is 1. The maximum absolute atomic E-state index is 13.3. The molecule has 0 bridgehead atoms. The third-order valence-electron chi connectivity index (χ3n) is 6.64. The number of carbonyl (C=O) groups excluding carboxylic acids is 1. The van der Waals surface area contributed by atoms with Crippen LogP contribution in [0.15, 0.2) is 23.2 Å². The van der Waals surface area contributed by atoms with Gasteiger partial charge in [-0.1, -0.05) is 12.1 Å². The summed E-state index contributed by atoms with van der Waals surface area (Å²) in [6.45, 7) is 3.83. The fraction of sp³-hybridized carbons (Fsp3) is 0.500. The number of nitrogens with zero attached hydrogens (tertiary/aromatic N) is 4. The molecule has 10 heteroatoms. The SMILES string of the molecule is COC1(C(=O)N2Cc3c(n4c(nc3=NCc3cccc(C(F)(F)F)c3C)NCC4)C2)CC1. The lowest BCUT2D eigenvalue weighted by atomic mass is 10.0. The minimum atomic E-state index is -4.41. The summed E-state index contributed by atoms with van der Waals surface area (Å²) < 4.78 is 47.3. The van der Waals surface area contributed by atoms with E-state index in [4.69, 9.17) is 4.74 Å². The first-order valence-corrected chi connectivity index (χ1v) is 10.6. The lowest BCUT2D eigenvalue weighted by Crippen LogP contribution is -2.38. The molecule has 0 unspecified atom stereocenters. The van der Waals surface area contributed by atoms with Crippen LogP contribution < -0.4 is 10.8 Å². The number of aromatic nitrogens is 2. The molecule has 1 saturated carbocycles. The van der Waals surface area contributed by atoms with Crippen LogP contribution in [0.4, 0.5) is 19.1 Å². The van der Waals surface area contributed by atoms with E-state index in [1.165, 1.54) is 13.0 Å². The molecule has 0 spiro atoms. The van der Waals surface area contributed by atoms with E-state index in [2.05, 4.69) is 19.9 Å². The van der Waals surface area contributed by atoms with E-state index in [-0.39, 0.29) is 18.0 Å². The molecule has 3 heterocycles. The summed E-state index contributed by atoms with van der Waals surface area (Å²) in [6, 6.07) is 4.14. The Balaban J connectivity index is 1.50. The van der Waals surface area contributed by atoms with Crippen LogP contribution in [0, 0.1) is 6.92 Å². The van der Waals surface area contributed by atoms with Crippen LogP contribution in [-0.4, -0.2) is 39.6 Å². The Morgan fingerprint density at radius 2 is 2.09 bits per heavy atom. The summed E-state index contributed by atoms with van der Waals surface area (Å²) >= 11 is 0. The molecule has 1 aromatic heterocycles. The van der Waals surface area contributed by atoms with Gasteiger partial charge in [0.05, 0.1) is 25.2 Å². The van der Waals surface area contributed by atoms with Gasteiger partial charge in [0.2, 0.25) is 5.95 Å². The Kier molecular flexibility index (Phi) is 4.81. The van der Waals surface area contributed by atoms with Crippen molar-refractivity contribution in [2.75, 3.05) is 19.0 Å². The Morgan fingerprint density at radius 1 is 1.31 bits per heavy atom. The maximum Gasteiger partial charge on any atom is 0.416 e. The number of rotatable bonds is 4. The molecule has 1 fully saturated rings. The van der Waals surface area contributed by atoms with Gasteiger partial charge in [0, 0.05) is 31.5 Å². The van der Waals surface area contributed by atoms with Gasteiger partial charge in [-0.2, -0.15) is 18.2 Å². The van der Waals surface area contributed by atoms with E-state index in [0.717, 1.165) is 30.4 Å².